The Bertz CT molecular complexity index is 729. The largest absolute Gasteiger partial charge is 0.481 e. The molecule has 2 rings (SSSR count). The third-order valence-corrected chi connectivity index (χ3v) is 3.81. The fraction of sp³-hybridized carbons (Fsp3) is 0.222. The smallest absolute Gasteiger partial charge is 0.265 e. The summed E-state index contributed by atoms with van der Waals surface area (Å²) >= 11 is 3.35. The molecule has 2 aromatic carbocycles. The lowest BCUT2D eigenvalue weighted by molar-refractivity contribution is -0.122. The van der Waals surface area contributed by atoms with E-state index in [1.54, 1.807) is 57.4 Å². The van der Waals surface area contributed by atoms with Gasteiger partial charge in [0.25, 0.3) is 11.8 Å². The molecule has 1 unspecified atom stereocenters. The average molecular weight is 391 g/mol. The fourth-order valence-electron chi connectivity index (χ4n) is 2.00. The first kappa shape index (κ1) is 18.0. The Kier molecular flexibility index (Phi) is 5.98. The molecule has 1 N–H and O–H groups in total. The van der Waals surface area contributed by atoms with Gasteiger partial charge in [-0.3, -0.25) is 9.59 Å². The molecule has 0 aliphatic rings. The first-order chi connectivity index (χ1) is 11.4. The highest BCUT2D eigenvalue weighted by Crippen LogP contribution is 2.18. The summed E-state index contributed by atoms with van der Waals surface area (Å²) < 4.78 is 6.55. The first-order valence-electron chi connectivity index (χ1n) is 7.41. The summed E-state index contributed by atoms with van der Waals surface area (Å²) in [7, 11) is 3.36. The third kappa shape index (κ3) is 4.83. The highest BCUT2D eigenvalue weighted by Gasteiger charge is 2.16. The summed E-state index contributed by atoms with van der Waals surface area (Å²) in [6.45, 7) is 1.67. The number of hydrogen-bond donors (Lipinski definition) is 1. The molecule has 0 aliphatic heterocycles. The Labute approximate surface area is 149 Å². The van der Waals surface area contributed by atoms with Crippen molar-refractivity contribution in [1.82, 2.24) is 4.90 Å². The van der Waals surface area contributed by atoms with Crippen LogP contribution in [0.15, 0.2) is 53.0 Å². The molecule has 24 heavy (non-hydrogen) atoms. The zero-order valence-corrected chi connectivity index (χ0v) is 15.3. The minimum absolute atomic E-state index is 0.120. The standard InChI is InChI=1S/C18H19BrN2O3/c1-12(24-16-9-7-14(19)8-10-16)17(22)20-15-6-4-5-13(11-15)18(23)21(2)3/h4-12H,1-3H3,(H,20,22). The van der Waals surface area contributed by atoms with Gasteiger partial charge in [-0.2, -0.15) is 0 Å². The summed E-state index contributed by atoms with van der Waals surface area (Å²) in [5.41, 5.74) is 1.07. The predicted molar refractivity (Wildman–Crippen MR) is 97.3 cm³/mol. The molecule has 0 aromatic heterocycles. The topological polar surface area (TPSA) is 58.6 Å². The molecule has 0 saturated carbocycles. The number of hydrogen-bond acceptors (Lipinski definition) is 3. The molecular weight excluding hydrogens is 372 g/mol. The average Bonchev–Trinajstić information content (AvgIpc) is 2.56. The number of nitrogens with zero attached hydrogens (tertiary/aromatic N) is 1. The van der Waals surface area contributed by atoms with Crippen molar-refractivity contribution in [2.24, 2.45) is 0 Å². The van der Waals surface area contributed by atoms with E-state index in [1.165, 1.54) is 4.90 Å². The summed E-state index contributed by atoms with van der Waals surface area (Å²) in [6.07, 6.45) is -0.667. The zero-order valence-electron chi connectivity index (χ0n) is 13.7. The molecule has 126 valence electrons. The van der Waals surface area contributed by atoms with E-state index in [0.29, 0.717) is 17.0 Å². The van der Waals surface area contributed by atoms with Crippen LogP contribution in [-0.2, 0) is 4.79 Å². The molecule has 0 spiro atoms. The van der Waals surface area contributed by atoms with Crippen molar-refractivity contribution in [3.63, 3.8) is 0 Å². The van der Waals surface area contributed by atoms with E-state index in [0.717, 1.165) is 4.47 Å². The van der Waals surface area contributed by atoms with Gasteiger partial charge in [-0.15, -0.1) is 0 Å². The van der Waals surface area contributed by atoms with Gasteiger partial charge in [0.2, 0.25) is 0 Å². The number of nitrogens with one attached hydrogen (secondary N) is 1. The van der Waals surface area contributed by atoms with Crippen LogP contribution >= 0.6 is 15.9 Å². The number of rotatable bonds is 5. The quantitative estimate of drug-likeness (QED) is 0.848. The lowest BCUT2D eigenvalue weighted by atomic mass is 10.1. The van der Waals surface area contributed by atoms with Gasteiger partial charge < -0.3 is 15.0 Å². The highest BCUT2D eigenvalue weighted by atomic mass is 79.9. The van der Waals surface area contributed by atoms with Crippen molar-refractivity contribution < 1.29 is 14.3 Å². The van der Waals surface area contributed by atoms with E-state index in [1.807, 2.05) is 12.1 Å². The van der Waals surface area contributed by atoms with Crippen LogP contribution < -0.4 is 10.1 Å². The van der Waals surface area contributed by atoms with Crippen molar-refractivity contribution in [3.05, 3.63) is 58.6 Å². The minimum Gasteiger partial charge on any atom is -0.481 e. The van der Waals surface area contributed by atoms with E-state index in [-0.39, 0.29) is 11.8 Å². The summed E-state index contributed by atoms with van der Waals surface area (Å²) in [5, 5.41) is 2.76. The van der Waals surface area contributed by atoms with E-state index in [2.05, 4.69) is 21.2 Å². The summed E-state index contributed by atoms with van der Waals surface area (Å²) in [4.78, 5) is 25.7. The van der Waals surface area contributed by atoms with Gasteiger partial charge in [0.05, 0.1) is 0 Å². The number of carbonyl (C=O) groups excluding carboxylic acids is 2. The van der Waals surface area contributed by atoms with Gasteiger partial charge in [-0.05, 0) is 49.4 Å². The van der Waals surface area contributed by atoms with E-state index in [9.17, 15) is 9.59 Å². The van der Waals surface area contributed by atoms with Gasteiger partial charge in [0.1, 0.15) is 5.75 Å². The molecule has 2 aromatic rings. The number of halogens is 1. The predicted octanol–water partition coefficient (Wildman–Crippen LogP) is 3.56. The van der Waals surface area contributed by atoms with Crippen molar-refractivity contribution >= 4 is 33.4 Å². The number of amides is 2. The second-order valence-corrected chi connectivity index (χ2v) is 6.40. The minimum atomic E-state index is -0.667. The molecule has 0 radical (unpaired) electrons. The zero-order chi connectivity index (χ0) is 17.7. The maximum atomic E-state index is 12.3. The van der Waals surface area contributed by atoms with E-state index in [4.69, 9.17) is 4.74 Å². The van der Waals surface area contributed by atoms with Crippen molar-refractivity contribution in [2.75, 3.05) is 19.4 Å². The normalized spacial score (nSPS) is 11.5. The molecule has 0 aliphatic carbocycles. The van der Waals surface area contributed by atoms with E-state index >= 15 is 0 Å². The van der Waals surface area contributed by atoms with Crippen molar-refractivity contribution in [3.8, 4) is 5.75 Å². The molecular formula is C18H19BrN2O3. The van der Waals surface area contributed by atoms with Crippen LogP contribution in [0, 0.1) is 0 Å². The number of ether oxygens (including phenoxy) is 1. The van der Waals surface area contributed by atoms with Gasteiger partial charge in [0, 0.05) is 29.8 Å². The van der Waals surface area contributed by atoms with Crippen LogP contribution in [0.1, 0.15) is 17.3 Å². The van der Waals surface area contributed by atoms with Crippen LogP contribution in [0.5, 0.6) is 5.75 Å². The molecule has 5 nitrogen and oxygen atoms in total. The van der Waals surface area contributed by atoms with Gasteiger partial charge in [0.15, 0.2) is 6.10 Å². The van der Waals surface area contributed by atoms with Crippen molar-refractivity contribution in [2.45, 2.75) is 13.0 Å². The Morgan fingerprint density at radius 2 is 1.79 bits per heavy atom. The highest BCUT2D eigenvalue weighted by molar-refractivity contribution is 9.10. The Balaban J connectivity index is 2.02. The number of anilines is 1. The van der Waals surface area contributed by atoms with Crippen molar-refractivity contribution in [1.29, 1.82) is 0 Å². The van der Waals surface area contributed by atoms with Gasteiger partial charge >= 0.3 is 0 Å². The molecule has 0 saturated heterocycles. The second-order valence-electron chi connectivity index (χ2n) is 5.48. The SMILES string of the molecule is CC(Oc1ccc(Br)cc1)C(=O)Nc1cccc(C(=O)N(C)C)c1. The van der Waals surface area contributed by atoms with Gasteiger partial charge in [-0.25, -0.2) is 0 Å². The van der Waals surface area contributed by atoms with E-state index < -0.39 is 6.10 Å². The maximum Gasteiger partial charge on any atom is 0.265 e. The Morgan fingerprint density at radius 3 is 2.42 bits per heavy atom. The van der Waals surface area contributed by atoms with Crippen LogP contribution in [0.25, 0.3) is 0 Å². The second kappa shape index (κ2) is 7.97. The third-order valence-electron chi connectivity index (χ3n) is 3.28. The van der Waals surface area contributed by atoms with Crippen LogP contribution in [0.2, 0.25) is 0 Å². The summed E-state index contributed by atoms with van der Waals surface area (Å²) in [5.74, 6) is 0.204. The summed E-state index contributed by atoms with van der Waals surface area (Å²) in [6, 6.07) is 14.1. The fourth-order valence-corrected chi connectivity index (χ4v) is 2.27. The lowest BCUT2D eigenvalue weighted by Gasteiger charge is -2.16. The molecule has 0 fully saturated rings. The van der Waals surface area contributed by atoms with Crippen LogP contribution in [0.3, 0.4) is 0 Å². The number of carbonyl (C=O) groups is 2. The molecule has 6 heteroatoms. The molecule has 1 atom stereocenters. The Hall–Kier alpha value is -2.34. The molecule has 0 heterocycles. The lowest BCUT2D eigenvalue weighted by Crippen LogP contribution is -2.30. The van der Waals surface area contributed by atoms with Crippen LogP contribution in [-0.4, -0.2) is 36.9 Å². The maximum absolute atomic E-state index is 12.3. The number of benzene rings is 2. The monoisotopic (exact) mass is 390 g/mol. The molecule has 2 amide bonds. The van der Waals surface area contributed by atoms with Crippen LogP contribution in [0.4, 0.5) is 5.69 Å². The molecule has 0 bridgehead atoms. The Morgan fingerprint density at radius 1 is 1.12 bits per heavy atom. The first-order valence-corrected chi connectivity index (χ1v) is 8.21. The van der Waals surface area contributed by atoms with Gasteiger partial charge in [-0.1, -0.05) is 22.0 Å².